The number of benzene rings is 1. The number of sulfonamides is 1. The summed E-state index contributed by atoms with van der Waals surface area (Å²) < 4.78 is 27.1. The van der Waals surface area contributed by atoms with Crippen molar-refractivity contribution in [3.63, 3.8) is 0 Å². The molecule has 2 heterocycles. The van der Waals surface area contributed by atoms with Crippen molar-refractivity contribution in [2.24, 2.45) is 4.40 Å². The van der Waals surface area contributed by atoms with Crippen molar-refractivity contribution in [1.82, 2.24) is 5.32 Å². The summed E-state index contributed by atoms with van der Waals surface area (Å²) in [6.45, 7) is 0.411. The summed E-state index contributed by atoms with van der Waals surface area (Å²) in [6.07, 6.45) is 5.70. The van der Waals surface area contributed by atoms with Gasteiger partial charge in [0.15, 0.2) is 5.17 Å². The zero-order valence-electron chi connectivity index (χ0n) is 13.2. The van der Waals surface area contributed by atoms with E-state index in [1.54, 1.807) is 0 Å². The first-order valence-electron chi connectivity index (χ1n) is 8.25. The standard InChI is InChI=1S/C16H19N3O3S2/c20-15(17-12-4-2-1-3-5-12)11-6-7-13-14(10-11)23-16-18-24(21,22)9-8-19(13)16/h6-7,10,12H,1-5,8-9H2,(H,17,20). The van der Waals surface area contributed by atoms with Crippen molar-refractivity contribution >= 4 is 38.5 Å². The normalized spacial score (nSPS) is 22.5. The number of anilines is 1. The third-order valence-corrected chi connectivity index (χ3v) is 6.98. The van der Waals surface area contributed by atoms with Crippen LogP contribution in [0.25, 0.3) is 0 Å². The van der Waals surface area contributed by atoms with Crippen molar-refractivity contribution < 1.29 is 13.2 Å². The molecule has 6 nitrogen and oxygen atoms in total. The highest BCUT2D eigenvalue weighted by molar-refractivity contribution is 8.15. The van der Waals surface area contributed by atoms with Gasteiger partial charge in [-0.25, -0.2) is 8.42 Å². The van der Waals surface area contributed by atoms with Crippen LogP contribution in [0.15, 0.2) is 27.5 Å². The van der Waals surface area contributed by atoms with E-state index in [2.05, 4.69) is 9.71 Å². The van der Waals surface area contributed by atoms with Gasteiger partial charge in [-0.05, 0) is 42.8 Å². The highest BCUT2D eigenvalue weighted by atomic mass is 32.2. The maximum absolute atomic E-state index is 12.5. The summed E-state index contributed by atoms with van der Waals surface area (Å²) in [4.78, 5) is 15.3. The Morgan fingerprint density at radius 2 is 2.04 bits per heavy atom. The molecule has 0 bridgehead atoms. The van der Waals surface area contributed by atoms with Crippen LogP contribution in [0.1, 0.15) is 42.5 Å². The van der Waals surface area contributed by atoms with E-state index >= 15 is 0 Å². The van der Waals surface area contributed by atoms with Crippen LogP contribution in [0.5, 0.6) is 0 Å². The quantitative estimate of drug-likeness (QED) is 0.870. The summed E-state index contributed by atoms with van der Waals surface area (Å²) in [5.74, 6) is -0.0230. The van der Waals surface area contributed by atoms with Crippen molar-refractivity contribution in [3.8, 4) is 0 Å². The second kappa shape index (κ2) is 6.07. The van der Waals surface area contributed by atoms with Gasteiger partial charge in [0.1, 0.15) is 0 Å². The van der Waals surface area contributed by atoms with Crippen LogP contribution in [0.4, 0.5) is 5.69 Å². The summed E-state index contributed by atoms with van der Waals surface area (Å²) >= 11 is 1.32. The van der Waals surface area contributed by atoms with Gasteiger partial charge in [0, 0.05) is 23.0 Å². The number of nitrogens with zero attached hydrogens (tertiary/aromatic N) is 2. The number of amidine groups is 1. The smallest absolute Gasteiger partial charge is 0.257 e. The highest BCUT2D eigenvalue weighted by Crippen LogP contribution is 2.42. The van der Waals surface area contributed by atoms with Crippen LogP contribution < -0.4 is 10.2 Å². The van der Waals surface area contributed by atoms with Crippen LogP contribution >= 0.6 is 11.8 Å². The first kappa shape index (κ1) is 16.0. The van der Waals surface area contributed by atoms with Gasteiger partial charge in [-0.2, -0.15) is 0 Å². The number of carbonyl (C=O) groups is 1. The molecule has 1 aromatic carbocycles. The molecule has 3 aliphatic rings. The second-order valence-electron chi connectivity index (χ2n) is 6.40. The number of fused-ring (bicyclic) bond motifs is 3. The van der Waals surface area contributed by atoms with E-state index < -0.39 is 10.0 Å². The summed E-state index contributed by atoms with van der Waals surface area (Å²) in [6, 6.07) is 5.81. The first-order chi connectivity index (χ1) is 11.5. The number of carbonyl (C=O) groups excluding carboxylic acids is 1. The van der Waals surface area contributed by atoms with Crippen LogP contribution in [0.2, 0.25) is 0 Å². The molecule has 0 aromatic heterocycles. The van der Waals surface area contributed by atoms with Crippen LogP contribution in [-0.2, 0) is 10.0 Å². The molecule has 0 spiro atoms. The topological polar surface area (TPSA) is 78.8 Å². The van der Waals surface area contributed by atoms with Crippen LogP contribution in [0, 0.1) is 0 Å². The van der Waals surface area contributed by atoms with Gasteiger partial charge < -0.3 is 10.2 Å². The number of thioether (sulfide) groups is 1. The lowest BCUT2D eigenvalue weighted by Crippen LogP contribution is -2.36. The predicted molar refractivity (Wildman–Crippen MR) is 95.2 cm³/mol. The minimum absolute atomic E-state index is 0.0282. The third-order valence-electron chi connectivity index (χ3n) is 4.68. The molecule has 1 aliphatic carbocycles. The van der Waals surface area contributed by atoms with Gasteiger partial charge in [0.2, 0.25) is 0 Å². The number of hydrogen-bond donors (Lipinski definition) is 1. The summed E-state index contributed by atoms with van der Waals surface area (Å²) in [5.41, 5.74) is 1.55. The fourth-order valence-electron chi connectivity index (χ4n) is 3.39. The van der Waals surface area contributed by atoms with Gasteiger partial charge in [-0.15, -0.1) is 4.40 Å². The molecule has 128 valence electrons. The second-order valence-corrected chi connectivity index (χ2v) is 9.17. The van der Waals surface area contributed by atoms with Crippen molar-refractivity contribution in [1.29, 1.82) is 0 Å². The largest absolute Gasteiger partial charge is 0.349 e. The molecule has 24 heavy (non-hydrogen) atoms. The molecular formula is C16H19N3O3S2. The molecule has 0 unspecified atom stereocenters. The Morgan fingerprint density at radius 1 is 1.25 bits per heavy atom. The minimum atomic E-state index is -3.35. The molecule has 1 aromatic rings. The van der Waals surface area contributed by atoms with Gasteiger partial charge in [-0.3, -0.25) is 4.79 Å². The molecular weight excluding hydrogens is 346 g/mol. The zero-order chi connectivity index (χ0) is 16.7. The van der Waals surface area contributed by atoms with E-state index in [0.29, 0.717) is 17.3 Å². The van der Waals surface area contributed by atoms with E-state index in [0.717, 1.165) is 23.4 Å². The summed E-state index contributed by atoms with van der Waals surface area (Å²) in [5, 5.41) is 3.60. The van der Waals surface area contributed by atoms with Crippen molar-refractivity contribution in [2.75, 3.05) is 17.2 Å². The number of rotatable bonds is 2. The van der Waals surface area contributed by atoms with Gasteiger partial charge >= 0.3 is 0 Å². The Labute approximate surface area is 145 Å². The molecule has 1 saturated carbocycles. The lowest BCUT2D eigenvalue weighted by molar-refractivity contribution is 0.0927. The molecule has 0 saturated heterocycles. The Bertz CT molecular complexity index is 814. The van der Waals surface area contributed by atoms with E-state index in [9.17, 15) is 13.2 Å². The number of amides is 1. The molecule has 0 radical (unpaired) electrons. The van der Waals surface area contributed by atoms with Gasteiger partial charge in [0.05, 0.1) is 11.4 Å². The molecule has 4 rings (SSSR count). The monoisotopic (exact) mass is 365 g/mol. The fraction of sp³-hybridized carbons (Fsp3) is 0.500. The molecule has 1 N–H and O–H groups in total. The average Bonchev–Trinajstić information content (AvgIpc) is 2.90. The molecule has 0 atom stereocenters. The Balaban J connectivity index is 1.54. The minimum Gasteiger partial charge on any atom is -0.349 e. The van der Waals surface area contributed by atoms with E-state index in [1.807, 2.05) is 23.1 Å². The maximum Gasteiger partial charge on any atom is 0.257 e. The lowest BCUT2D eigenvalue weighted by Gasteiger charge is -2.23. The Kier molecular flexibility index (Phi) is 4.04. The third kappa shape index (κ3) is 3.04. The Hall–Kier alpha value is -1.54. The highest BCUT2D eigenvalue weighted by Gasteiger charge is 2.33. The maximum atomic E-state index is 12.5. The molecule has 1 fully saturated rings. The van der Waals surface area contributed by atoms with Crippen molar-refractivity contribution in [2.45, 2.75) is 43.0 Å². The zero-order valence-corrected chi connectivity index (χ0v) is 14.8. The Morgan fingerprint density at radius 3 is 2.83 bits per heavy atom. The van der Waals surface area contributed by atoms with E-state index in [4.69, 9.17) is 0 Å². The van der Waals surface area contributed by atoms with Crippen LogP contribution in [-0.4, -0.2) is 37.8 Å². The number of hydrogen-bond acceptors (Lipinski definition) is 5. The first-order valence-corrected chi connectivity index (χ1v) is 10.7. The molecule has 2 aliphatic heterocycles. The van der Waals surface area contributed by atoms with Gasteiger partial charge in [-0.1, -0.05) is 19.3 Å². The van der Waals surface area contributed by atoms with E-state index in [-0.39, 0.29) is 17.7 Å². The molecule has 8 heteroatoms. The molecule has 1 amide bonds. The average molecular weight is 365 g/mol. The van der Waals surface area contributed by atoms with Crippen molar-refractivity contribution in [3.05, 3.63) is 23.8 Å². The summed E-state index contributed by atoms with van der Waals surface area (Å²) in [7, 11) is -3.35. The predicted octanol–water partition coefficient (Wildman–Crippen LogP) is 2.36. The fourth-order valence-corrected chi connectivity index (χ4v) is 5.68. The van der Waals surface area contributed by atoms with Gasteiger partial charge in [0.25, 0.3) is 15.9 Å². The lowest BCUT2D eigenvalue weighted by atomic mass is 9.95. The SMILES string of the molecule is O=C(NC1CCCCC1)c1ccc2c(c1)SC1=NS(=O)(=O)CCN12. The van der Waals surface area contributed by atoms with Crippen LogP contribution in [0.3, 0.4) is 0 Å². The number of nitrogens with one attached hydrogen (secondary N) is 1. The van der Waals surface area contributed by atoms with E-state index in [1.165, 1.54) is 31.0 Å².